The van der Waals surface area contributed by atoms with Crippen molar-refractivity contribution in [1.29, 1.82) is 0 Å². The lowest BCUT2D eigenvalue weighted by Gasteiger charge is -2.06. The minimum atomic E-state index is -0.188. The second-order valence-corrected chi connectivity index (χ2v) is 7.40. The minimum absolute atomic E-state index is 0.151. The van der Waals surface area contributed by atoms with Crippen LogP contribution in [0.2, 0.25) is 5.02 Å². The fraction of sp³-hybridized carbons (Fsp3) is 0.211. The zero-order valence-electron chi connectivity index (χ0n) is 14.7. The van der Waals surface area contributed by atoms with Gasteiger partial charge in [-0.3, -0.25) is 4.79 Å². The van der Waals surface area contributed by atoms with Crippen molar-refractivity contribution < 1.29 is 9.21 Å². The number of halogens is 1. The van der Waals surface area contributed by atoms with E-state index in [-0.39, 0.29) is 11.7 Å². The standard InChI is InChI=1S/C19H18ClN3O2S/c1-11-4-5-16(15(20)9-11)21-17(24)10-26-19-23-22-18(25-19)14-7-12(2)6-13(3)8-14/h4-9H,10H2,1-3H3,(H,21,24). The molecule has 0 aliphatic carbocycles. The molecule has 5 nitrogen and oxygen atoms in total. The molecular weight excluding hydrogens is 370 g/mol. The Kier molecular flexibility index (Phi) is 5.64. The van der Waals surface area contributed by atoms with Crippen molar-refractivity contribution in [2.24, 2.45) is 0 Å². The maximum absolute atomic E-state index is 12.1. The molecule has 0 saturated carbocycles. The fourth-order valence-electron chi connectivity index (χ4n) is 2.52. The van der Waals surface area contributed by atoms with Gasteiger partial charge in [-0.1, -0.05) is 46.6 Å². The number of thioether (sulfide) groups is 1. The summed E-state index contributed by atoms with van der Waals surface area (Å²) in [7, 11) is 0. The van der Waals surface area contributed by atoms with Crippen LogP contribution in [0, 0.1) is 20.8 Å². The molecule has 1 N–H and O–H groups in total. The predicted octanol–water partition coefficient (Wildman–Crippen LogP) is 5.05. The monoisotopic (exact) mass is 387 g/mol. The Balaban J connectivity index is 1.61. The Bertz CT molecular complexity index is 935. The minimum Gasteiger partial charge on any atom is -0.411 e. The summed E-state index contributed by atoms with van der Waals surface area (Å²) < 4.78 is 5.65. The summed E-state index contributed by atoms with van der Waals surface area (Å²) in [6.45, 7) is 5.97. The average Bonchev–Trinajstić information content (AvgIpc) is 3.04. The molecule has 0 bridgehead atoms. The summed E-state index contributed by atoms with van der Waals surface area (Å²) in [5.41, 5.74) is 4.75. The second kappa shape index (κ2) is 7.93. The molecule has 0 saturated heterocycles. The number of nitrogens with one attached hydrogen (secondary N) is 1. The highest BCUT2D eigenvalue weighted by Gasteiger charge is 2.13. The van der Waals surface area contributed by atoms with E-state index in [1.54, 1.807) is 12.1 Å². The number of carbonyl (C=O) groups excluding carboxylic acids is 1. The number of amides is 1. The van der Waals surface area contributed by atoms with E-state index in [2.05, 4.69) is 21.6 Å². The molecule has 1 heterocycles. The topological polar surface area (TPSA) is 68.0 Å². The van der Waals surface area contributed by atoms with Crippen LogP contribution in [0.3, 0.4) is 0 Å². The third-order valence-electron chi connectivity index (χ3n) is 3.60. The predicted molar refractivity (Wildman–Crippen MR) is 105 cm³/mol. The van der Waals surface area contributed by atoms with E-state index in [9.17, 15) is 4.79 Å². The SMILES string of the molecule is Cc1cc(C)cc(-c2nnc(SCC(=O)Nc3ccc(C)cc3Cl)o2)c1. The van der Waals surface area contributed by atoms with Gasteiger partial charge in [-0.05, 0) is 50.6 Å². The van der Waals surface area contributed by atoms with Crippen LogP contribution in [0.15, 0.2) is 46.0 Å². The van der Waals surface area contributed by atoms with Crippen molar-refractivity contribution in [2.45, 2.75) is 26.0 Å². The van der Waals surface area contributed by atoms with Crippen molar-refractivity contribution in [2.75, 3.05) is 11.1 Å². The van der Waals surface area contributed by atoms with E-state index >= 15 is 0 Å². The van der Waals surface area contributed by atoms with E-state index in [1.807, 2.05) is 39.0 Å². The molecule has 0 spiro atoms. The van der Waals surface area contributed by atoms with Crippen molar-refractivity contribution >= 4 is 35.0 Å². The largest absolute Gasteiger partial charge is 0.411 e. The Morgan fingerprint density at radius 1 is 1.08 bits per heavy atom. The van der Waals surface area contributed by atoms with Gasteiger partial charge in [0.15, 0.2) is 0 Å². The summed E-state index contributed by atoms with van der Waals surface area (Å²) >= 11 is 7.31. The maximum Gasteiger partial charge on any atom is 0.277 e. The van der Waals surface area contributed by atoms with Gasteiger partial charge in [0.2, 0.25) is 11.8 Å². The third-order valence-corrected chi connectivity index (χ3v) is 4.73. The van der Waals surface area contributed by atoms with Gasteiger partial charge in [0.25, 0.3) is 5.22 Å². The molecule has 0 unspecified atom stereocenters. The van der Waals surface area contributed by atoms with Crippen LogP contribution < -0.4 is 5.32 Å². The van der Waals surface area contributed by atoms with Gasteiger partial charge in [-0.15, -0.1) is 10.2 Å². The molecule has 1 aromatic heterocycles. The van der Waals surface area contributed by atoms with E-state index in [1.165, 1.54) is 11.8 Å². The van der Waals surface area contributed by atoms with Gasteiger partial charge >= 0.3 is 0 Å². The Labute approximate surface area is 161 Å². The Hall–Kier alpha value is -2.31. The number of carbonyl (C=O) groups is 1. The second-order valence-electron chi connectivity index (χ2n) is 6.07. The number of anilines is 1. The molecule has 0 radical (unpaired) electrons. The highest BCUT2D eigenvalue weighted by molar-refractivity contribution is 7.99. The smallest absolute Gasteiger partial charge is 0.277 e. The van der Waals surface area contributed by atoms with Crippen LogP contribution in [0.1, 0.15) is 16.7 Å². The number of aromatic nitrogens is 2. The van der Waals surface area contributed by atoms with Crippen molar-refractivity contribution in [3.05, 3.63) is 58.1 Å². The van der Waals surface area contributed by atoms with Crippen molar-refractivity contribution in [3.63, 3.8) is 0 Å². The first kappa shape index (κ1) is 18.5. The lowest BCUT2D eigenvalue weighted by atomic mass is 10.1. The summed E-state index contributed by atoms with van der Waals surface area (Å²) in [6.07, 6.45) is 0. The number of hydrogen-bond donors (Lipinski definition) is 1. The van der Waals surface area contributed by atoms with E-state index in [0.29, 0.717) is 21.8 Å². The van der Waals surface area contributed by atoms with E-state index < -0.39 is 0 Å². The lowest BCUT2D eigenvalue weighted by Crippen LogP contribution is -2.14. The van der Waals surface area contributed by atoms with Crippen molar-refractivity contribution in [1.82, 2.24) is 10.2 Å². The van der Waals surface area contributed by atoms with Crippen LogP contribution in [-0.2, 0) is 4.79 Å². The molecule has 0 aliphatic rings. The zero-order valence-corrected chi connectivity index (χ0v) is 16.2. The fourth-order valence-corrected chi connectivity index (χ4v) is 3.36. The van der Waals surface area contributed by atoms with Gasteiger partial charge in [-0.25, -0.2) is 0 Å². The molecule has 0 fully saturated rings. The third kappa shape index (κ3) is 4.65. The van der Waals surface area contributed by atoms with Gasteiger partial charge in [0, 0.05) is 5.56 Å². The zero-order chi connectivity index (χ0) is 18.7. The van der Waals surface area contributed by atoms with Crippen LogP contribution in [0.5, 0.6) is 0 Å². The summed E-state index contributed by atoms with van der Waals surface area (Å²) in [6, 6.07) is 11.5. The molecule has 3 aromatic rings. The normalized spacial score (nSPS) is 10.8. The van der Waals surface area contributed by atoms with Gasteiger partial charge in [0.05, 0.1) is 16.5 Å². The van der Waals surface area contributed by atoms with Gasteiger partial charge in [0.1, 0.15) is 0 Å². The lowest BCUT2D eigenvalue weighted by molar-refractivity contribution is -0.113. The molecule has 7 heteroatoms. The number of rotatable bonds is 5. The Morgan fingerprint density at radius 2 is 1.81 bits per heavy atom. The quantitative estimate of drug-likeness (QED) is 0.620. The molecule has 26 heavy (non-hydrogen) atoms. The van der Waals surface area contributed by atoms with Crippen LogP contribution >= 0.6 is 23.4 Å². The van der Waals surface area contributed by atoms with Gasteiger partial charge in [-0.2, -0.15) is 0 Å². The molecular formula is C19H18ClN3O2S. The first-order valence-corrected chi connectivity index (χ1v) is 9.38. The number of benzene rings is 2. The van der Waals surface area contributed by atoms with Crippen LogP contribution in [0.4, 0.5) is 5.69 Å². The van der Waals surface area contributed by atoms with E-state index in [0.717, 1.165) is 22.3 Å². The first-order valence-electron chi connectivity index (χ1n) is 8.02. The molecule has 2 aromatic carbocycles. The van der Waals surface area contributed by atoms with Crippen molar-refractivity contribution in [3.8, 4) is 11.5 Å². The summed E-state index contributed by atoms with van der Waals surface area (Å²) in [4.78, 5) is 12.1. The maximum atomic E-state index is 12.1. The van der Waals surface area contributed by atoms with Gasteiger partial charge < -0.3 is 9.73 Å². The molecule has 134 valence electrons. The molecule has 0 aliphatic heterocycles. The number of aryl methyl sites for hydroxylation is 3. The van der Waals surface area contributed by atoms with Crippen LogP contribution in [0.25, 0.3) is 11.5 Å². The number of nitrogens with zero attached hydrogens (tertiary/aromatic N) is 2. The highest BCUT2D eigenvalue weighted by atomic mass is 35.5. The highest BCUT2D eigenvalue weighted by Crippen LogP contribution is 2.26. The average molecular weight is 388 g/mol. The summed E-state index contributed by atoms with van der Waals surface area (Å²) in [5, 5.41) is 11.7. The first-order chi connectivity index (χ1) is 12.4. The summed E-state index contributed by atoms with van der Waals surface area (Å²) in [5.74, 6) is 0.409. The number of hydrogen-bond acceptors (Lipinski definition) is 5. The van der Waals surface area contributed by atoms with Crippen LogP contribution in [-0.4, -0.2) is 21.9 Å². The Morgan fingerprint density at radius 3 is 2.50 bits per heavy atom. The molecule has 0 atom stereocenters. The van der Waals surface area contributed by atoms with E-state index in [4.69, 9.17) is 16.0 Å². The molecule has 1 amide bonds. The molecule has 3 rings (SSSR count).